The summed E-state index contributed by atoms with van der Waals surface area (Å²) < 4.78 is 0. The van der Waals surface area contributed by atoms with Crippen LogP contribution in [0.15, 0.2) is 29.2 Å². The predicted octanol–water partition coefficient (Wildman–Crippen LogP) is 2.73. The van der Waals surface area contributed by atoms with E-state index in [4.69, 9.17) is 16.7 Å². The number of carboxylic acids is 1. The van der Waals surface area contributed by atoms with Crippen molar-refractivity contribution in [3.63, 3.8) is 0 Å². The Bertz CT molecular complexity index is 361. The van der Waals surface area contributed by atoms with Crippen LogP contribution in [0.4, 0.5) is 0 Å². The lowest BCUT2D eigenvalue weighted by atomic mass is 10.2. The van der Waals surface area contributed by atoms with Gasteiger partial charge in [0.05, 0.1) is 0 Å². The molecule has 0 bridgehead atoms. The van der Waals surface area contributed by atoms with Crippen LogP contribution in [-0.2, 0) is 4.79 Å². The number of carbonyl (C=O) groups is 1. The first-order valence-corrected chi connectivity index (χ1v) is 4.31. The number of benzene rings is 1. The van der Waals surface area contributed by atoms with Crippen molar-refractivity contribution in [2.24, 2.45) is 0 Å². The van der Waals surface area contributed by atoms with Gasteiger partial charge in [-0.2, -0.15) is 0 Å². The van der Waals surface area contributed by atoms with E-state index in [0.717, 1.165) is 11.6 Å². The molecule has 0 aromatic heterocycles. The molecule has 0 atom stereocenters. The molecular weight excluding hydrogens is 208 g/mol. The van der Waals surface area contributed by atoms with E-state index in [-0.39, 0.29) is 0 Å². The summed E-state index contributed by atoms with van der Waals surface area (Å²) in [5.41, 5.74) is 0.732. The monoisotopic (exact) mass is 214 g/mol. The van der Waals surface area contributed by atoms with Gasteiger partial charge in [-0.1, -0.05) is 17.7 Å². The zero-order chi connectivity index (χ0) is 9.84. The molecule has 4 heteroatoms. The molecule has 13 heavy (non-hydrogen) atoms. The van der Waals surface area contributed by atoms with Gasteiger partial charge in [0.1, 0.15) is 0 Å². The number of carboxylic acid groups (broad SMARTS) is 1. The molecule has 0 heterocycles. The highest BCUT2D eigenvalue weighted by atomic mass is 35.5. The number of halogens is 1. The van der Waals surface area contributed by atoms with E-state index in [0.29, 0.717) is 9.92 Å². The zero-order valence-electron chi connectivity index (χ0n) is 6.57. The second-order valence-electron chi connectivity index (χ2n) is 2.37. The molecule has 0 aliphatic heterocycles. The molecule has 0 aliphatic carbocycles. The van der Waals surface area contributed by atoms with Gasteiger partial charge >= 0.3 is 5.97 Å². The summed E-state index contributed by atoms with van der Waals surface area (Å²) in [4.78, 5) is 10.9. The molecule has 1 aromatic rings. The van der Waals surface area contributed by atoms with Gasteiger partial charge < -0.3 is 5.11 Å². The van der Waals surface area contributed by atoms with Crippen LogP contribution in [-0.4, -0.2) is 11.1 Å². The Morgan fingerprint density at radius 2 is 2.23 bits per heavy atom. The highest BCUT2D eigenvalue weighted by molar-refractivity contribution is 7.80. The van der Waals surface area contributed by atoms with Crippen LogP contribution in [0.5, 0.6) is 0 Å². The molecule has 0 radical (unpaired) electrons. The highest BCUT2D eigenvalue weighted by Gasteiger charge is 1.96. The van der Waals surface area contributed by atoms with E-state index in [9.17, 15) is 4.79 Å². The minimum absolute atomic E-state index is 0.581. The SMILES string of the molecule is O=C(O)/C=C/c1ccc(Cl)cc1S. The van der Waals surface area contributed by atoms with Crippen molar-refractivity contribution >= 4 is 36.3 Å². The normalized spacial score (nSPS) is 10.6. The van der Waals surface area contributed by atoms with Crippen molar-refractivity contribution in [2.75, 3.05) is 0 Å². The quantitative estimate of drug-likeness (QED) is 0.587. The molecule has 0 unspecified atom stereocenters. The van der Waals surface area contributed by atoms with Gasteiger partial charge in [-0.25, -0.2) is 4.79 Å². The Labute approximate surface area is 86.3 Å². The lowest BCUT2D eigenvalue weighted by Crippen LogP contribution is -1.86. The Morgan fingerprint density at radius 1 is 1.54 bits per heavy atom. The van der Waals surface area contributed by atoms with Crippen molar-refractivity contribution < 1.29 is 9.90 Å². The zero-order valence-corrected chi connectivity index (χ0v) is 8.22. The maximum atomic E-state index is 10.2. The third kappa shape index (κ3) is 3.13. The molecule has 0 saturated heterocycles. The van der Waals surface area contributed by atoms with Crippen molar-refractivity contribution in [3.8, 4) is 0 Å². The van der Waals surface area contributed by atoms with Crippen LogP contribution in [0.1, 0.15) is 5.56 Å². The lowest BCUT2D eigenvalue weighted by Gasteiger charge is -1.98. The van der Waals surface area contributed by atoms with Gasteiger partial charge in [0, 0.05) is 16.0 Å². The molecule has 0 aliphatic rings. The summed E-state index contributed by atoms with van der Waals surface area (Å²) in [5, 5.41) is 8.96. The standard InChI is InChI=1S/C9H7ClO2S/c10-7-3-1-6(8(13)5-7)2-4-9(11)12/h1-5,13H,(H,11,12)/b4-2+. The number of hydrogen-bond acceptors (Lipinski definition) is 2. The van der Waals surface area contributed by atoms with Crippen molar-refractivity contribution in [2.45, 2.75) is 4.90 Å². The third-order valence-corrected chi connectivity index (χ3v) is 2.02. The summed E-state index contributed by atoms with van der Waals surface area (Å²) in [6, 6.07) is 5.05. The summed E-state index contributed by atoms with van der Waals surface area (Å²) in [6.07, 6.45) is 2.53. The third-order valence-electron chi connectivity index (χ3n) is 1.40. The average Bonchev–Trinajstić information content (AvgIpc) is 2.02. The van der Waals surface area contributed by atoms with Crippen LogP contribution in [0.2, 0.25) is 5.02 Å². The summed E-state index contributed by atoms with van der Waals surface area (Å²) in [7, 11) is 0. The van der Waals surface area contributed by atoms with E-state index in [1.807, 2.05) is 0 Å². The first-order chi connectivity index (χ1) is 6.09. The topological polar surface area (TPSA) is 37.3 Å². The molecule has 0 saturated carbocycles. The Balaban J connectivity index is 2.96. The summed E-state index contributed by atoms with van der Waals surface area (Å²) in [5.74, 6) is -0.984. The molecule has 1 aromatic carbocycles. The molecule has 0 spiro atoms. The number of hydrogen-bond donors (Lipinski definition) is 2. The summed E-state index contributed by atoms with van der Waals surface area (Å²) >= 11 is 9.83. The van der Waals surface area contributed by atoms with Crippen LogP contribution in [0.25, 0.3) is 6.08 Å². The molecule has 1 N–H and O–H groups in total. The minimum Gasteiger partial charge on any atom is -0.478 e. The minimum atomic E-state index is -0.984. The Hall–Kier alpha value is -0.930. The van der Waals surface area contributed by atoms with Gasteiger partial charge in [0.2, 0.25) is 0 Å². The van der Waals surface area contributed by atoms with Crippen molar-refractivity contribution in [3.05, 3.63) is 34.9 Å². The largest absolute Gasteiger partial charge is 0.478 e. The first-order valence-electron chi connectivity index (χ1n) is 3.49. The summed E-state index contributed by atoms with van der Waals surface area (Å²) in [6.45, 7) is 0. The van der Waals surface area contributed by atoms with E-state index in [2.05, 4.69) is 12.6 Å². The number of rotatable bonds is 2. The lowest BCUT2D eigenvalue weighted by molar-refractivity contribution is -0.131. The van der Waals surface area contributed by atoms with Crippen molar-refractivity contribution in [1.29, 1.82) is 0 Å². The maximum absolute atomic E-state index is 10.2. The average molecular weight is 215 g/mol. The highest BCUT2D eigenvalue weighted by Crippen LogP contribution is 2.20. The first kappa shape index (κ1) is 10.2. The van der Waals surface area contributed by atoms with Gasteiger partial charge in [-0.05, 0) is 23.8 Å². The van der Waals surface area contributed by atoms with Crippen LogP contribution in [0.3, 0.4) is 0 Å². The number of thiol groups is 1. The predicted molar refractivity (Wildman–Crippen MR) is 55.4 cm³/mol. The molecular formula is C9H7ClO2S. The van der Waals surface area contributed by atoms with Crippen LogP contribution < -0.4 is 0 Å². The molecule has 68 valence electrons. The molecule has 2 nitrogen and oxygen atoms in total. The van der Waals surface area contributed by atoms with Gasteiger partial charge in [-0.3, -0.25) is 0 Å². The van der Waals surface area contributed by atoms with Crippen molar-refractivity contribution in [1.82, 2.24) is 0 Å². The van der Waals surface area contributed by atoms with E-state index in [1.165, 1.54) is 6.08 Å². The number of aliphatic carboxylic acids is 1. The maximum Gasteiger partial charge on any atom is 0.328 e. The van der Waals surface area contributed by atoms with E-state index in [1.54, 1.807) is 18.2 Å². The second-order valence-corrected chi connectivity index (χ2v) is 3.29. The smallest absolute Gasteiger partial charge is 0.328 e. The fourth-order valence-electron chi connectivity index (χ4n) is 0.819. The van der Waals surface area contributed by atoms with Gasteiger partial charge in [0.25, 0.3) is 0 Å². The van der Waals surface area contributed by atoms with Crippen LogP contribution >= 0.6 is 24.2 Å². The molecule has 0 amide bonds. The Morgan fingerprint density at radius 3 is 2.77 bits per heavy atom. The fourth-order valence-corrected chi connectivity index (χ4v) is 1.36. The molecule has 1 rings (SSSR count). The van der Waals surface area contributed by atoms with Gasteiger partial charge in [0.15, 0.2) is 0 Å². The van der Waals surface area contributed by atoms with E-state index < -0.39 is 5.97 Å². The van der Waals surface area contributed by atoms with E-state index >= 15 is 0 Å². The molecule has 0 fully saturated rings. The van der Waals surface area contributed by atoms with Crippen LogP contribution in [0, 0.1) is 0 Å². The second kappa shape index (κ2) is 4.35. The van der Waals surface area contributed by atoms with Gasteiger partial charge in [-0.15, -0.1) is 12.6 Å². The Kier molecular flexibility index (Phi) is 3.39. The fraction of sp³-hybridized carbons (Fsp3) is 0.